The van der Waals surface area contributed by atoms with Crippen LogP contribution >= 0.6 is 0 Å². The summed E-state index contributed by atoms with van der Waals surface area (Å²) >= 11 is 0. The summed E-state index contributed by atoms with van der Waals surface area (Å²) in [5, 5.41) is 5.52. The molecule has 2 aromatic rings. The number of rotatable bonds is 8. The minimum absolute atomic E-state index is 0.0962. The fraction of sp³-hybridized carbons (Fsp3) is 0.300. The molecule has 0 aliphatic carbocycles. The highest BCUT2D eigenvalue weighted by Gasteiger charge is 2.11. The molecule has 4 nitrogen and oxygen atoms in total. The lowest BCUT2D eigenvalue weighted by Gasteiger charge is -2.08. The summed E-state index contributed by atoms with van der Waals surface area (Å²) in [5.74, 6) is -0.897. The van der Waals surface area contributed by atoms with Crippen molar-refractivity contribution in [2.75, 3.05) is 6.54 Å². The zero-order valence-electron chi connectivity index (χ0n) is 14.3. The molecule has 0 bridgehead atoms. The molecular formula is C20H23FN2O2. The summed E-state index contributed by atoms with van der Waals surface area (Å²) in [6.07, 6.45) is 3.09. The highest BCUT2D eigenvalue weighted by molar-refractivity contribution is 5.99. The van der Waals surface area contributed by atoms with Gasteiger partial charge in [-0.1, -0.05) is 44.0 Å². The number of hydrogen-bond donors (Lipinski definition) is 2. The van der Waals surface area contributed by atoms with Gasteiger partial charge in [-0.2, -0.15) is 0 Å². The van der Waals surface area contributed by atoms with E-state index in [4.69, 9.17) is 0 Å². The van der Waals surface area contributed by atoms with Gasteiger partial charge < -0.3 is 10.6 Å². The molecule has 0 heterocycles. The molecule has 0 atom stereocenters. The number of amides is 2. The van der Waals surface area contributed by atoms with Crippen molar-refractivity contribution in [2.24, 2.45) is 0 Å². The van der Waals surface area contributed by atoms with E-state index in [-0.39, 0.29) is 24.2 Å². The van der Waals surface area contributed by atoms with Crippen molar-refractivity contribution < 1.29 is 14.0 Å². The molecule has 0 aliphatic heterocycles. The van der Waals surface area contributed by atoms with Crippen molar-refractivity contribution >= 4 is 11.8 Å². The van der Waals surface area contributed by atoms with E-state index in [2.05, 4.69) is 17.6 Å². The van der Waals surface area contributed by atoms with Gasteiger partial charge in [-0.15, -0.1) is 0 Å². The van der Waals surface area contributed by atoms with E-state index >= 15 is 0 Å². The lowest BCUT2D eigenvalue weighted by molar-refractivity contribution is 0.0950. The van der Waals surface area contributed by atoms with Crippen LogP contribution < -0.4 is 10.6 Å². The van der Waals surface area contributed by atoms with E-state index in [1.165, 1.54) is 6.07 Å². The van der Waals surface area contributed by atoms with Crippen molar-refractivity contribution in [3.8, 4) is 0 Å². The van der Waals surface area contributed by atoms with E-state index in [9.17, 15) is 14.0 Å². The topological polar surface area (TPSA) is 58.2 Å². The van der Waals surface area contributed by atoms with Gasteiger partial charge in [0.1, 0.15) is 5.82 Å². The summed E-state index contributed by atoms with van der Waals surface area (Å²) in [6.45, 7) is 2.82. The number of benzene rings is 2. The number of unbranched alkanes of at least 4 members (excludes halogenated alkanes) is 2. The summed E-state index contributed by atoms with van der Waals surface area (Å²) in [7, 11) is 0. The number of carbonyl (C=O) groups is 2. The molecule has 0 radical (unpaired) electrons. The van der Waals surface area contributed by atoms with Crippen LogP contribution in [0.25, 0.3) is 0 Å². The summed E-state index contributed by atoms with van der Waals surface area (Å²) < 4.78 is 13.6. The fourth-order valence-electron chi connectivity index (χ4n) is 2.40. The van der Waals surface area contributed by atoms with Gasteiger partial charge in [-0.25, -0.2) is 4.39 Å². The van der Waals surface area contributed by atoms with Crippen LogP contribution in [0.15, 0.2) is 48.5 Å². The Kier molecular flexibility index (Phi) is 7.14. The monoisotopic (exact) mass is 342 g/mol. The van der Waals surface area contributed by atoms with Crippen molar-refractivity contribution in [1.82, 2.24) is 10.6 Å². The van der Waals surface area contributed by atoms with Gasteiger partial charge in [0, 0.05) is 29.8 Å². The van der Waals surface area contributed by atoms with E-state index in [1.807, 2.05) is 0 Å². The quantitative estimate of drug-likeness (QED) is 0.719. The average molecular weight is 342 g/mol. The van der Waals surface area contributed by atoms with Gasteiger partial charge in [0.25, 0.3) is 11.8 Å². The van der Waals surface area contributed by atoms with Gasteiger partial charge in [0.2, 0.25) is 0 Å². The third kappa shape index (κ3) is 5.71. The van der Waals surface area contributed by atoms with Crippen molar-refractivity contribution in [2.45, 2.75) is 32.7 Å². The SMILES string of the molecule is CCCCCNC(=O)c1cccc(C(=O)NCc2ccccc2F)c1. The average Bonchev–Trinajstić information content (AvgIpc) is 2.64. The van der Waals surface area contributed by atoms with Crippen LogP contribution in [0.4, 0.5) is 4.39 Å². The number of carbonyl (C=O) groups excluding carboxylic acids is 2. The lowest BCUT2D eigenvalue weighted by Crippen LogP contribution is -2.26. The van der Waals surface area contributed by atoms with E-state index in [0.717, 1.165) is 19.3 Å². The van der Waals surface area contributed by atoms with Crippen LogP contribution in [-0.4, -0.2) is 18.4 Å². The molecule has 0 saturated carbocycles. The maximum atomic E-state index is 13.6. The van der Waals surface area contributed by atoms with Gasteiger partial charge in [-0.3, -0.25) is 9.59 Å². The third-order valence-electron chi connectivity index (χ3n) is 3.85. The maximum Gasteiger partial charge on any atom is 0.251 e. The van der Waals surface area contributed by atoms with Crippen LogP contribution in [0.3, 0.4) is 0 Å². The molecular weight excluding hydrogens is 319 g/mol. The molecule has 0 fully saturated rings. The Morgan fingerprint density at radius 3 is 2.28 bits per heavy atom. The largest absolute Gasteiger partial charge is 0.352 e. The molecule has 2 N–H and O–H groups in total. The first-order chi connectivity index (χ1) is 12.1. The van der Waals surface area contributed by atoms with E-state index in [1.54, 1.807) is 42.5 Å². The van der Waals surface area contributed by atoms with Crippen molar-refractivity contribution in [3.63, 3.8) is 0 Å². The molecule has 0 aliphatic rings. The van der Waals surface area contributed by atoms with E-state index < -0.39 is 0 Å². The molecule has 0 saturated heterocycles. The van der Waals surface area contributed by atoms with Crippen molar-refractivity contribution in [3.05, 3.63) is 71.0 Å². The Morgan fingerprint density at radius 2 is 1.60 bits per heavy atom. The second kappa shape index (κ2) is 9.57. The first-order valence-corrected chi connectivity index (χ1v) is 8.51. The smallest absolute Gasteiger partial charge is 0.251 e. The first-order valence-electron chi connectivity index (χ1n) is 8.51. The van der Waals surface area contributed by atoms with Crippen molar-refractivity contribution in [1.29, 1.82) is 0 Å². The number of hydrogen-bond acceptors (Lipinski definition) is 2. The summed E-state index contributed by atoms with van der Waals surface area (Å²) in [4.78, 5) is 24.4. The minimum Gasteiger partial charge on any atom is -0.352 e. The lowest BCUT2D eigenvalue weighted by atomic mass is 10.1. The Balaban J connectivity index is 1.94. The highest BCUT2D eigenvalue weighted by atomic mass is 19.1. The molecule has 0 spiro atoms. The normalized spacial score (nSPS) is 10.3. The van der Waals surface area contributed by atoms with Gasteiger partial charge in [-0.05, 0) is 30.7 Å². The van der Waals surface area contributed by atoms with Gasteiger partial charge in [0.05, 0.1) is 0 Å². The third-order valence-corrected chi connectivity index (χ3v) is 3.85. The number of nitrogens with one attached hydrogen (secondary N) is 2. The first kappa shape index (κ1) is 18.6. The zero-order chi connectivity index (χ0) is 18.1. The molecule has 25 heavy (non-hydrogen) atoms. The standard InChI is InChI=1S/C20H23FN2O2/c1-2-3-6-12-22-19(24)15-9-7-10-16(13-15)20(25)23-14-17-8-4-5-11-18(17)21/h4-5,7-11,13H,2-3,6,12,14H2,1H3,(H,22,24)(H,23,25). The second-order valence-electron chi connectivity index (χ2n) is 5.82. The predicted molar refractivity (Wildman–Crippen MR) is 95.9 cm³/mol. The highest BCUT2D eigenvalue weighted by Crippen LogP contribution is 2.08. The molecule has 0 aromatic heterocycles. The molecule has 2 aromatic carbocycles. The van der Waals surface area contributed by atoms with Gasteiger partial charge >= 0.3 is 0 Å². The summed E-state index contributed by atoms with van der Waals surface area (Å²) in [6, 6.07) is 12.8. The Bertz CT molecular complexity index is 731. The predicted octanol–water partition coefficient (Wildman–Crippen LogP) is 3.68. The maximum absolute atomic E-state index is 13.6. The van der Waals surface area contributed by atoms with Crippen LogP contribution in [0, 0.1) is 5.82 Å². The minimum atomic E-state index is -0.358. The Hall–Kier alpha value is -2.69. The Morgan fingerprint density at radius 1 is 0.920 bits per heavy atom. The molecule has 2 rings (SSSR count). The Labute approximate surface area is 147 Å². The molecule has 0 unspecified atom stereocenters. The van der Waals surface area contributed by atoms with E-state index in [0.29, 0.717) is 23.2 Å². The van der Waals surface area contributed by atoms with Gasteiger partial charge in [0.15, 0.2) is 0 Å². The zero-order valence-corrected chi connectivity index (χ0v) is 14.3. The summed E-state index contributed by atoms with van der Waals surface area (Å²) in [5.41, 5.74) is 1.23. The van der Waals surface area contributed by atoms with Crippen LogP contribution in [0.5, 0.6) is 0 Å². The van der Waals surface area contributed by atoms with Crippen LogP contribution in [0.1, 0.15) is 52.5 Å². The molecule has 2 amide bonds. The van der Waals surface area contributed by atoms with Crippen LogP contribution in [0.2, 0.25) is 0 Å². The van der Waals surface area contributed by atoms with Crippen LogP contribution in [-0.2, 0) is 6.54 Å². The molecule has 132 valence electrons. The fourth-order valence-corrected chi connectivity index (χ4v) is 2.40. The molecule has 5 heteroatoms. The number of halogens is 1. The second-order valence-corrected chi connectivity index (χ2v) is 5.82.